The van der Waals surface area contributed by atoms with Crippen LogP contribution in [0.5, 0.6) is 0 Å². The van der Waals surface area contributed by atoms with Crippen molar-refractivity contribution in [2.75, 3.05) is 38.5 Å². The van der Waals surface area contributed by atoms with Crippen LogP contribution in [0.4, 0.5) is 4.79 Å². The van der Waals surface area contributed by atoms with Gasteiger partial charge in [-0.25, -0.2) is 4.79 Å². The lowest BCUT2D eigenvalue weighted by Gasteiger charge is -2.28. The van der Waals surface area contributed by atoms with Crippen LogP contribution >= 0.6 is 11.8 Å². The fourth-order valence-electron chi connectivity index (χ4n) is 4.50. The van der Waals surface area contributed by atoms with E-state index in [0.29, 0.717) is 37.3 Å². The molecule has 0 spiro atoms. The molecule has 1 heterocycles. The molecule has 4 atom stereocenters. The molecule has 3 unspecified atom stereocenters. The first-order valence-electron chi connectivity index (χ1n) is 14.7. The minimum atomic E-state index is -0.452. The average molecular weight is 559 g/mol. The molecule has 1 aliphatic rings. The number of carbonyl (C=O) groups excluding carboxylic acids is 3. The third-order valence-corrected chi connectivity index (χ3v) is 8.31. The van der Waals surface area contributed by atoms with Crippen molar-refractivity contribution in [2.24, 2.45) is 5.73 Å². The van der Waals surface area contributed by atoms with Crippen LogP contribution in [0.3, 0.4) is 0 Å². The van der Waals surface area contributed by atoms with Gasteiger partial charge >= 0.3 is 12.0 Å². The van der Waals surface area contributed by atoms with Crippen molar-refractivity contribution in [3.63, 3.8) is 0 Å². The van der Waals surface area contributed by atoms with Crippen molar-refractivity contribution in [1.82, 2.24) is 16.0 Å². The third kappa shape index (κ3) is 18.7. The molecule has 0 aromatic heterocycles. The van der Waals surface area contributed by atoms with Gasteiger partial charge in [-0.3, -0.25) is 9.59 Å². The number of quaternary nitrogens is 1. The van der Waals surface area contributed by atoms with E-state index < -0.39 is 6.03 Å². The van der Waals surface area contributed by atoms with E-state index in [0.717, 1.165) is 101 Å². The van der Waals surface area contributed by atoms with Gasteiger partial charge in [-0.05, 0) is 71.3 Å². The summed E-state index contributed by atoms with van der Waals surface area (Å²) in [7, 11) is 0. The van der Waals surface area contributed by atoms with E-state index >= 15 is 0 Å². The van der Waals surface area contributed by atoms with E-state index in [1.807, 2.05) is 11.8 Å². The van der Waals surface area contributed by atoms with Crippen LogP contribution < -0.4 is 26.7 Å². The number of unbranched alkanes of at least 4 members (excludes halogenated alkanes) is 5. The number of primary amides is 1. The number of thioether (sulfide) groups is 1. The molecule has 3 amide bonds. The van der Waals surface area contributed by atoms with Crippen molar-refractivity contribution in [3.05, 3.63) is 5.84 Å². The first-order valence-corrected chi connectivity index (χ1v) is 15.7. The summed E-state index contributed by atoms with van der Waals surface area (Å²) in [5, 5.41) is 10.5. The zero-order valence-corrected chi connectivity index (χ0v) is 24.6. The van der Waals surface area contributed by atoms with Crippen molar-refractivity contribution >= 4 is 29.7 Å². The predicted octanol–water partition coefficient (Wildman–Crippen LogP) is 2.72. The molecule has 11 heteroatoms. The molecular formula is C27H54N6O4S. The van der Waals surface area contributed by atoms with Gasteiger partial charge in [-0.15, -0.1) is 0 Å². The Kier molecular flexibility index (Phi) is 20.2. The molecule has 0 aliphatic carbocycles. The summed E-state index contributed by atoms with van der Waals surface area (Å²) in [5.41, 5.74) is 5.18. The molecule has 1 aliphatic heterocycles. The Balaban J connectivity index is 1.84. The molecule has 1 rings (SSSR count). The van der Waals surface area contributed by atoms with E-state index in [9.17, 15) is 14.4 Å². The lowest BCUT2D eigenvalue weighted by molar-refractivity contribution is -0.872. The maximum Gasteiger partial charge on any atom is 0.312 e. The highest BCUT2D eigenvalue weighted by Crippen LogP contribution is 2.30. The molecule has 0 aromatic rings. The standard InChI is InChI=1S/C27H54N6O4S/c1-3-17-33(29)22(2)20-30-15-9-4-6-14-26(35)37-18-11-5-10-16-31-25(34)13-8-7-12-24-19-23(21-38-24)32-27(28)36/h22-24,29-30,33H,3-21H2,1-2H3,(H,31,34)(H3,28,32,36)/t22?,23-,24?/m1/s1. The van der Waals surface area contributed by atoms with Crippen LogP contribution in [-0.4, -0.2) is 73.8 Å². The summed E-state index contributed by atoms with van der Waals surface area (Å²) in [6.07, 6.45) is 11.5. The van der Waals surface area contributed by atoms with E-state index in [4.69, 9.17) is 16.3 Å². The van der Waals surface area contributed by atoms with Crippen molar-refractivity contribution in [1.29, 1.82) is 0 Å². The SMILES string of the molecule is CCC[NH+]([NH-])C(C)CNCCCCCC(=O)OCCCCCNC(=O)CCCCC1C[C@@H](NC(N)=O)CS1. The van der Waals surface area contributed by atoms with Crippen molar-refractivity contribution < 1.29 is 24.1 Å². The number of urea groups is 1. The van der Waals surface area contributed by atoms with E-state index in [2.05, 4.69) is 29.8 Å². The Morgan fingerprint density at radius 1 is 1.05 bits per heavy atom. The monoisotopic (exact) mass is 558 g/mol. The number of hydrogen-bond acceptors (Lipinski definition) is 6. The largest absolute Gasteiger partial charge is 0.469 e. The molecule has 38 heavy (non-hydrogen) atoms. The van der Waals surface area contributed by atoms with Crippen molar-refractivity contribution in [3.8, 4) is 0 Å². The zero-order chi connectivity index (χ0) is 28.0. The van der Waals surface area contributed by atoms with E-state index in [-0.39, 0.29) is 17.9 Å². The van der Waals surface area contributed by atoms with Gasteiger partial charge in [0, 0.05) is 43.0 Å². The molecule has 0 saturated carbocycles. The van der Waals surface area contributed by atoms with Gasteiger partial charge in [0.25, 0.3) is 0 Å². The maximum atomic E-state index is 12.0. The summed E-state index contributed by atoms with van der Waals surface area (Å²) in [6.45, 7) is 7.97. The number of amides is 3. The van der Waals surface area contributed by atoms with Crippen LogP contribution in [0.25, 0.3) is 5.84 Å². The van der Waals surface area contributed by atoms with Gasteiger partial charge in [-0.2, -0.15) is 11.8 Å². The second-order valence-electron chi connectivity index (χ2n) is 10.5. The Hall–Kier alpha value is -1.56. The topological polar surface area (TPSA) is 151 Å². The second kappa shape index (κ2) is 22.3. The number of ether oxygens (including phenoxy) is 1. The average Bonchev–Trinajstić information content (AvgIpc) is 3.31. The van der Waals surface area contributed by atoms with Gasteiger partial charge in [-0.1, -0.05) is 19.8 Å². The highest BCUT2D eigenvalue weighted by Gasteiger charge is 2.25. The fourth-order valence-corrected chi connectivity index (χ4v) is 5.92. The normalized spacial score (nSPS) is 18.6. The first-order chi connectivity index (χ1) is 18.3. The molecule has 222 valence electrons. The van der Waals surface area contributed by atoms with Crippen LogP contribution in [0.2, 0.25) is 0 Å². The summed E-state index contributed by atoms with van der Waals surface area (Å²) >= 11 is 1.88. The third-order valence-electron chi connectivity index (χ3n) is 6.81. The highest BCUT2D eigenvalue weighted by molar-refractivity contribution is 8.00. The first kappa shape index (κ1) is 34.5. The maximum absolute atomic E-state index is 12.0. The van der Waals surface area contributed by atoms with E-state index in [1.165, 1.54) is 0 Å². The predicted molar refractivity (Wildman–Crippen MR) is 155 cm³/mol. The lowest BCUT2D eigenvalue weighted by atomic mass is 10.1. The Morgan fingerprint density at radius 3 is 2.55 bits per heavy atom. The van der Waals surface area contributed by atoms with Gasteiger partial charge in [0.1, 0.15) is 0 Å². The van der Waals surface area contributed by atoms with Crippen LogP contribution in [-0.2, 0) is 14.3 Å². The second-order valence-corrected chi connectivity index (χ2v) is 11.8. The van der Waals surface area contributed by atoms with Crippen molar-refractivity contribution in [2.45, 2.75) is 115 Å². The molecule has 10 nitrogen and oxygen atoms in total. The van der Waals surface area contributed by atoms with Gasteiger partial charge in [0.05, 0.1) is 19.2 Å². The minimum Gasteiger partial charge on any atom is -0.469 e. The number of carbonyl (C=O) groups is 3. The zero-order valence-electron chi connectivity index (χ0n) is 23.8. The van der Waals surface area contributed by atoms with E-state index in [1.54, 1.807) is 0 Å². The summed E-state index contributed by atoms with van der Waals surface area (Å²) < 4.78 is 5.32. The Morgan fingerprint density at radius 2 is 1.79 bits per heavy atom. The smallest absolute Gasteiger partial charge is 0.312 e. The summed E-state index contributed by atoms with van der Waals surface area (Å²) in [5.74, 6) is 8.85. The van der Waals surface area contributed by atoms with Crippen LogP contribution in [0, 0.1) is 0 Å². The number of nitrogens with one attached hydrogen (secondary N) is 5. The fraction of sp³-hybridized carbons (Fsp3) is 0.889. The highest BCUT2D eigenvalue weighted by atomic mass is 32.2. The minimum absolute atomic E-state index is 0.101. The number of rotatable bonds is 23. The number of nitrogens with two attached hydrogens (primary N) is 1. The summed E-state index contributed by atoms with van der Waals surface area (Å²) in [4.78, 5) is 34.8. The number of esters is 1. The number of hydrogen-bond donors (Lipinski definition) is 5. The molecule has 1 saturated heterocycles. The Labute approximate surface area is 234 Å². The molecular weight excluding hydrogens is 504 g/mol. The molecule has 0 aromatic carbocycles. The quantitative estimate of drug-likeness (QED) is 0.0739. The summed E-state index contributed by atoms with van der Waals surface area (Å²) in [6, 6.07) is 0.0214. The van der Waals surface area contributed by atoms with Crippen LogP contribution in [0.15, 0.2) is 0 Å². The molecule has 1 fully saturated rings. The van der Waals surface area contributed by atoms with Crippen LogP contribution in [0.1, 0.15) is 97.3 Å². The Bertz CT molecular complexity index is 657. The van der Waals surface area contributed by atoms with Gasteiger partial charge < -0.3 is 37.3 Å². The van der Waals surface area contributed by atoms with Gasteiger partial charge in [0.2, 0.25) is 5.91 Å². The molecule has 0 bridgehead atoms. The molecule has 7 N–H and O–H groups in total. The molecule has 0 radical (unpaired) electrons. The lowest BCUT2D eigenvalue weighted by Crippen LogP contribution is -3.10. The van der Waals surface area contributed by atoms with Gasteiger partial charge in [0.15, 0.2) is 0 Å².